The van der Waals surface area contributed by atoms with Crippen LogP contribution in [-0.4, -0.2) is 34.5 Å². The quantitative estimate of drug-likeness (QED) is 0.557. The van der Waals surface area contributed by atoms with E-state index in [2.05, 4.69) is 9.80 Å². The Hall–Kier alpha value is -3.06. The minimum Gasteiger partial charge on any atom is -0.438 e. The van der Waals surface area contributed by atoms with Crippen LogP contribution in [0.2, 0.25) is 0 Å². The van der Waals surface area contributed by atoms with Crippen LogP contribution in [0.25, 0.3) is 0 Å². The van der Waals surface area contributed by atoms with E-state index >= 15 is 0 Å². The van der Waals surface area contributed by atoms with Crippen molar-refractivity contribution in [3.63, 3.8) is 0 Å². The molecule has 2 aliphatic rings. The zero-order chi connectivity index (χ0) is 21.9. The summed E-state index contributed by atoms with van der Waals surface area (Å²) in [5.41, 5.74) is 2.97. The average molecular weight is 437 g/mol. The molecule has 0 bridgehead atoms. The Bertz CT molecular complexity index is 1080. The maximum atomic E-state index is 13.8. The van der Waals surface area contributed by atoms with Crippen LogP contribution in [0.4, 0.5) is 14.7 Å². The highest BCUT2D eigenvalue weighted by Crippen LogP contribution is 2.32. The van der Waals surface area contributed by atoms with Gasteiger partial charge < -0.3 is 9.64 Å². The lowest BCUT2D eigenvalue weighted by Crippen LogP contribution is -2.34. The lowest BCUT2D eigenvalue weighted by atomic mass is 10.1. The third-order valence-corrected chi connectivity index (χ3v) is 6.06. The number of nitrogens with zero attached hydrogens (tertiary/aromatic N) is 4. The van der Waals surface area contributed by atoms with E-state index in [0.29, 0.717) is 30.7 Å². The number of ether oxygens (including phenoxy) is 1. The zero-order valence-electron chi connectivity index (χ0n) is 17.9. The number of aromatic nitrogens is 2. The molecule has 0 N–H and O–H groups in total. The largest absolute Gasteiger partial charge is 0.438 e. The van der Waals surface area contributed by atoms with Crippen LogP contribution in [0.1, 0.15) is 36.1 Å². The van der Waals surface area contributed by atoms with E-state index in [1.165, 1.54) is 30.7 Å². The molecule has 7 heteroatoms. The van der Waals surface area contributed by atoms with Crippen molar-refractivity contribution in [2.45, 2.75) is 38.8 Å². The van der Waals surface area contributed by atoms with Crippen molar-refractivity contribution in [2.24, 2.45) is 0 Å². The molecule has 5 nitrogen and oxygen atoms in total. The number of benzene rings is 2. The van der Waals surface area contributed by atoms with Crippen LogP contribution in [0.15, 0.2) is 48.5 Å². The maximum absolute atomic E-state index is 13.8. The second-order valence-corrected chi connectivity index (χ2v) is 8.45. The van der Waals surface area contributed by atoms with Gasteiger partial charge in [-0.3, -0.25) is 4.90 Å². The molecule has 0 spiro atoms. The van der Waals surface area contributed by atoms with E-state index in [1.54, 1.807) is 12.1 Å². The van der Waals surface area contributed by atoms with Crippen molar-refractivity contribution in [3.05, 3.63) is 77.0 Å². The number of halogens is 2. The predicted octanol–water partition coefficient (Wildman–Crippen LogP) is 5.10. The molecule has 0 amide bonds. The van der Waals surface area contributed by atoms with Crippen molar-refractivity contribution >= 4 is 5.95 Å². The van der Waals surface area contributed by atoms with Crippen molar-refractivity contribution in [1.29, 1.82) is 0 Å². The third-order valence-electron chi connectivity index (χ3n) is 6.06. The Morgan fingerprint density at radius 2 is 1.69 bits per heavy atom. The molecule has 1 fully saturated rings. The molecule has 32 heavy (non-hydrogen) atoms. The molecule has 166 valence electrons. The van der Waals surface area contributed by atoms with Gasteiger partial charge >= 0.3 is 0 Å². The van der Waals surface area contributed by atoms with Gasteiger partial charge in [-0.1, -0.05) is 18.2 Å². The van der Waals surface area contributed by atoms with Gasteiger partial charge in [0.05, 0.1) is 11.3 Å². The molecular formula is C25H26F2N4O. The third kappa shape index (κ3) is 4.72. The van der Waals surface area contributed by atoms with Gasteiger partial charge in [0.15, 0.2) is 0 Å². The monoisotopic (exact) mass is 436 g/mol. The second-order valence-electron chi connectivity index (χ2n) is 8.45. The Labute approximate surface area is 186 Å². The molecule has 1 saturated heterocycles. The number of hydrogen-bond donors (Lipinski definition) is 0. The zero-order valence-corrected chi connectivity index (χ0v) is 17.9. The highest BCUT2D eigenvalue weighted by atomic mass is 19.1. The average Bonchev–Trinajstić information content (AvgIpc) is 2.81. The van der Waals surface area contributed by atoms with Crippen LogP contribution >= 0.6 is 0 Å². The van der Waals surface area contributed by atoms with Crippen LogP contribution in [0.3, 0.4) is 0 Å². The molecule has 1 aromatic heterocycles. The summed E-state index contributed by atoms with van der Waals surface area (Å²) < 4.78 is 33.1. The number of anilines is 1. The summed E-state index contributed by atoms with van der Waals surface area (Å²) in [6.45, 7) is 4.05. The summed E-state index contributed by atoms with van der Waals surface area (Å²) in [5, 5.41) is 0. The summed E-state index contributed by atoms with van der Waals surface area (Å²) in [7, 11) is 0. The first-order valence-electron chi connectivity index (χ1n) is 11.2. The van der Waals surface area contributed by atoms with Gasteiger partial charge in [0.2, 0.25) is 11.8 Å². The Morgan fingerprint density at radius 3 is 2.47 bits per heavy atom. The smallest absolute Gasteiger partial charge is 0.228 e. The molecule has 0 aliphatic carbocycles. The van der Waals surface area contributed by atoms with E-state index < -0.39 is 0 Å². The first-order valence-corrected chi connectivity index (χ1v) is 11.2. The van der Waals surface area contributed by atoms with Crippen LogP contribution in [-0.2, 0) is 19.5 Å². The minimum atomic E-state index is -0.348. The summed E-state index contributed by atoms with van der Waals surface area (Å²) in [6.07, 6.45) is 4.27. The van der Waals surface area contributed by atoms with Crippen molar-refractivity contribution in [1.82, 2.24) is 14.9 Å². The highest BCUT2D eigenvalue weighted by Gasteiger charge is 2.26. The van der Waals surface area contributed by atoms with Crippen LogP contribution in [0, 0.1) is 11.6 Å². The number of rotatable bonds is 5. The van der Waals surface area contributed by atoms with Crippen LogP contribution in [0.5, 0.6) is 11.6 Å². The first kappa shape index (κ1) is 20.8. The molecule has 3 heterocycles. The van der Waals surface area contributed by atoms with Gasteiger partial charge in [-0.25, -0.2) is 13.8 Å². The number of hydrogen-bond acceptors (Lipinski definition) is 5. The van der Waals surface area contributed by atoms with E-state index in [1.807, 2.05) is 12.1 Å². The lowest BCUT2D eigenvalue weighted by Gasteiger charge is -2.32. The van der Waals surface area contributed by atoms with Gasteiger partial charge in [-0.05, 0) is 49.1 Å². The highest BCUT2D eigenvalue weighted by molar-refractivity contribution is 5.44. The van der Waals surface area contributed by atoms with E-state index in [9.17, 15) is 8.78 Å². The topological polar surface area (TPSA) is 41.5 Å². The Kier molecular flexibility index (Phi) is 5.99. The van der Waals surface area contributed by atoms with E-state index in [4.69, 9.17) is 14.7 Å². The van der Waals surface area contributed by atoms with Gasteiger partial charge in [-0.2, -0.15) is 4.98 Å². The summed E-state index contributed by atoms with van der Waals surface area (Å²) in [4.78, 5) is 14.2. The SMILES string of the molecule is Fc1ccc(CN2CCc3nc(N4CCCCC4)nc(Oc4cccc(F)c4)c3C2)cc1. The van der Waals surface area contributed by atoms with Gasteiger partial charge in [0, 0.05) is 45.2 Å². The number of fused-ring (bicyclic) bond motifs is 1. The predicted molar refractivity (Wildman–Crippen MR) is 119 cm³/mol. The first-order chi connectivity index (χ1) is 15.6. The molecule has 3 aromatic rings. The molecule has 0 atom stereocenters. The molecule has 2 aromatic carbocycles. The summed E-state index contributed by atoms with van der Waals surface area (Å²) in [5.74, 6) is 1.03. The second kappa shape index (κ2) is 9.20. The molecule has 0 unspecified atom stereocenters. The van der Waals surface area contributed by atoms with Gasteiger partial charge in [0.1, 0.15) is 17.4 Å². The molecule has 0 radical (unpaired) electrons. The molecule has 2 aliphatic heterocycles. The van der Waals surface area contributed by atoms with Gasteiger partial charge in [-0.15, -0.1) is 0 Å². The maximum Gasteiger partial charge on any atom is 0.228 e. The Morgan fingerprint density at radius 1 is 0.875 bits per heavy atom. The fraction of sp³-hybridized carbons (Fsp3) is 0.360. The van der Waals surface area contributed by atoms with E-state index in [0.717, 1.165) is 55.7 Å². The fourth-order valence-corrected chi connectivity index (χ4v) is 4.37. The Balaban J connectivity index is 1.44. The van der Waals surface area contributed by atoms with Crippen molar-refractivity contribution < 1.29 is 13.5 Å². The summed E-state index contributed by atoms with van der Waals surface area (Å²) >= 11 is 0. The van der Waals surface area contributed by atoms with Gasteiger partial charge in [0.25, 0.3) is 0 Å². The standard InChI is InChI=1S/C25H26F2N4O/c26-19-9-7-18(8-10-19)16-30-14-11-23-22(17-30)24(32-21-6-4-5-20(27)15-21)29-25(28-23)31-12-2-1-3-13-31/h4-10,15H,1-3,11-14,16-17H2. The molecule has 0 saturated carbocycles. The summed E-state index contributed by atoms with van der Waals surface area (Å²) in [6, 6.07) is 12.7. The normalized spacial score (nSPS) is 16.6. The molecular weight excluding hydrogens is 410 g/mol. The number of piperidine rings is 1. The lowest BCUT2D eigenvalue weighted by molar-refractivity contribution is 0.238. The van der Waals surface area contributed by atoms with E-state index in [-0.39, 0.29) is 11.6 Å². The molecule has 5 rings (SSSR count). The van der Waals surface area contributed by atoms with Crippen LogP contribution < -0.4 is 9.64 Å². The van der Waals surface area contributed by atoms with Crippen molar-refractivity contribution in [2.75, 3.05) is 24.5 Å². The minimum absolute atomic E-state index is 0.234. The fourth-order valence-electron chi connectivity index (χ4n) is 4.37. The van der Waals surface area contributed by atoms with Crippen molar-refractivity contribution in [3.8, 4) is 11.6 Å².